The highest BCUT2D eigenvalue weighted by molar-refractivity contribution is 7.99. The molecule has 0 aliphatic carbocycles. The molecule has 0 radical (unpaired) electrons. The van der Waals surface area contributed by atoms with Gasteiger partial charge in [0.05, 0.1) is 11.5 Å². The maximum atomic E-state index is 12.5. The van der Waals surface area contributed by atoms with Crippen molar-refractivity contribution in [1.29, 1.82) is 0 Å². The van der Waals surface area contributed by atoms with Crippen molar-refractivity contribution in [2.45, 2.75) is 24.5 Å². The van der Waals surface area contributed by atoms with Crippen LogP contribution < -0.4 is 0 Å². The Labute approximate surface area is 156 Å². The van der Waals surface area contributed by atoms with E-state index >= 15 is 0 Å². The number of amides is 1. The number of hydrogen-bond acceptors (Lipinski definition) is 4. The summed E-state index contributed by atoms with van der Waals surface area (Å²) in [7, 11) is 0. The summed E-state index contributed by atoms with van der Waals surface area (Å²) in [5.74, 6) is 1.87. The quantitative estimate of drug-likeness (QED) is 0.714. The number of thioether (sulfide) groups is 1. The van der Waals surface area contributed by atoms with Crippen molar-refractivity contribution in [3.63, 3.8) is 0 Å². The number of nitrogens with zero attached hydrogens (tertiary/aromatic N) is 1. The zero-order valence-corrected chi connectivity index (χ0v) is 15.4. The van der Waals surface area contributed by atoms with E-state index in [0.717, 1.165) is 24.5 Å². The molecule has 2 heterocycles. The van der Waals surface area contributed by atoms with Gasteiger partial charge in [-0.1, -0.05) is 11.6 Å². The molecule has 0 N–H and O–H groups in total. The van der Waals surface area contributed by atoms with Gasteiger partial charge in [0.15, 0.2) is 5.78 Å². The molecule has 0 bridgehead atoms. The molecule has 132 valence electrons. The van der Waals surface area contributed by atoms with Crippen molar-refractivity contribution in [3.8, 4) is 0 Å². The van der Waals surface area contributed by atoms with Gasteiger partial charge in [0.1, 0.15) is 5.76 Å². The predicted molar refractivity (Wildman–Crippen MR) is 100 cm³/mol. The minimum atomic E-state index is -0.0253. The van der Waals surface area contributed by atoms with Crippen LogP contribution in [0.2, 0.25) is 5.02 Å². The Kier molecular flexibility index (Phi) is 6.21. The fraction of sp³-hybridized carbons (Fsp3) is 0.368. The Hall–Kier alpha value is -1.72. The van der Waals surface area contributed by atoms with E-state index < -0.39 is 0 Å². The number of halogens is 1. The van der Waals surface area contributed by atoms with Gasteiger partial charge < -0.3 is 9.32 Å². The van der Waals surface area contributed by atoms with E-state index in [-0.39, 0.29) is 24.5 Å². The standard InChI is InChI=1S/C19H20ClNO3S/c20-15-5-3-14(4-6-15)16(22)7-8-19(23)21-10-9-18(25-13-11-21)17-2-1-12-24-17/h1-6,12,18H,7-11,13H2. The summed E-state index contributed by atoms with van der Waals surface area (Å²) in [5.41, 5.74) is 0.599. The molecule has 1 atom stereocenters. The second kappa shape index (κ2) is 8.59. The van der Waals surface area contributed by atoms with Crippen molar-refractivity contribution in [2.75, 3.05) is 18.8 Å². The van der Waals surface area contributed by atoms with Crippen LogP contribution in [-0.4, -0.2) is 35.4 Å². The Balaban J connectivity index is 1.49. The molecule has 1 aromatic carbocycles. The minimum Gasteiger partial charge on any atom is -0.468 e. The minimum absolute atomic E-state index is 0.0253. The van der Waals surface area contributed by atoms with E-state index in [9.17, 15) is 9.59 Å². The lowest BCUT2D eigenvalue weighted by Crippen LogP contribution is -2.33. The van der Waals surface area contributed by atoms with Gasteiger partial charge in [0.25, 0.3) is 0 Å². The van der Waals surface area contributed by atoms with Gasteiger partial charge in [-0.05, 0) is 42.8 Å². The molecule has 1 aromatic heterocycles. The van der Waals surface area contributed by atoms with E-state index in [0.29, 0.717) is 22.4 Å². The number of Topliss-reactive ketones (excluding diaryl/α,β-unsaturated/α-hetero) is 1. The van der Waals surface area contributed by atoms with Gasteiger partial charge in [0.2, 0.25) is 5.91 Å². The Morgan fingerprint density at radius 3 is 2.68 bits per heavy atom. The van der Waals surface area contributed by atoms with Crippen LogP contribution in [0.3, 0.4) is 0 Å². The number of carbonyl (C=O) groups excluding carboxylic acids is 2. The highest BCUT2D eigenvalue weighted by atomic mass is 35.5. The Morgan fingerprint density at radius 1 is 1.16 bits per heavy atom. The molecule has 0 spiro atoms. The molecule has 1 aliphatic heterocycles. The summed E-state index contributed by atoms with van der Waals surface area (Å²) >= 11 is 7.65. The molecule has 1 amide bonds. The highest BCUT2D eigenvalue weighted by Crippen LogP contribution is 2.34. The molecule has 4 nitrogen and oxygen atoms in total. The van der Waals surface area contributed by atoms with Gasteiger partial charge in [0, 0.05) is 42.3 Å². The first-order valence-corrected chi connectivity index (χ1v) is 9.77. The maximum Gasteiger partial charge on any atom is 0.223 e. The third kappa shape index (κ3) is 4.89. The lowest BCUT2D eigenvalue weighted by atomic mass is 10.1. The average molecular weight is 378 g/mol. The number of rotatable bonds is 5. The van der Waals surface area contributed by atoms with Gasteiger partial charge in [-0.3, -0.25) is 9.59 Å². The largest absolute Gasteiger partial charge is 0.468 e. The topological polar surface area (TPSA) is 50.5 Å². The van der Waals surface area contributed by atoms with Crippen molar-refractivity contribution in [1.82, 2.24) is 4.90 Å². The number of furan rings is 1. The molecule has 6 heteroatoms. The Morgan fingerprint density at radius 2 is 1.96 bits per heavy atom. The third-order valence-corrected chi connectivity index (χ3v) is 5.83. The van der Waals surface area contributed by atoms with Gasteiger partial charge >= 0.3 is 0 Å². The monoisotopic (exact) mass is 377 g/mol. The highest BCUT2D eigenvalue weighted by Gasteiger charge is 2.23. The molecule has 25 heavy (non-hydrogen) atoms. The van der Waals surface area contributed by atoms with Gasteiger partial charge in [-0.25, -0.2) is 0 Å². The van der Waals surface area contributed by atoms with Crippen LogP contribution >= 0.6 is 23.4 Å². The molecule has 2 aromatic rings. The van der Waals surface area contributed by atoms with Crippen LogP contribution in [0.1, 0.15) is 40.6 Å². The summed E-state index contributed by atoms with van der Waals surface area (Å²) in [6.07, 6.45) is 3.03. The van der Waals surface area contributed by atoms with Gasteiger partial charge in [-0.2, -0.15) is 0 Å². The van der Waals surface area contributed by atoms with Crippen LogP contribution in [0.25, 0.3) is 0 Å². The number of carbonyl (C=O) groups is 2. The fourth-order valence-corrected chi connectivity index (χ4v) is 4.19. The molecule has 1 unspecified atom stereocenters. The zero-order valence-electron chi connectivity index (χ0n) is 13.8. The summed E-state index contributed by atoms with van der Waals surface area (Å²) in [6.45, 7) is 1.42. The van der Waals surface area contributed by atoms with Crippen LogP contribution in [0.15, 0.2) is 47.1 Å². The predicted octanol–water partition coefficient (Wildman–Crippen LogP) is 4.60. The first-order chi connectivity index (χ1) is 12.1. The number of ketones is 1. The molecular weight excluding hydrogens is 358 g/mol. The molecule has 1 fully saturated rings. The summed E-state index contributed by atoms with van der Waals surface area (Å²) in [5, 5.41) is 0.893. The smallest absolute Gasteiger partial charge is 0.223 e. The molecular formula is C19H20ClNO3S. The van der Waals surface area contributed by atoms with E-state index in [1.807, 2.05) is 28.8 Å². The SMILES string of the molecule is O=C(CCC(=O)N1CCSC(c2ccco2)CC1)c1ccc(Cl)cc1. The van der Waals surface area contributed by atoms with E-state index in [4.69, 9.17) is 16.0 Å². The lowest BCUT2D eigenvalue weighted by Gasteiger charge is -2.20. The third-order valence-electron chi connectivity index (χ3n) is 4.29. The lowest BCUT2D eigenvalue weighted by molar-refractivity contribution is -0.130. The second-order valence-electron chi connectivity index (χ2n) is 5.97. The maximum absolute atomic E-state index is 12.5. The summed E-state index contributed by atoms with van der Waals surface area (Å²) < 4.78 is 5.48. The molecule has 1 aliphatic rings. The summed E-state index contributed by atoms with van der Waals surface area (Å²) in [4.78, 5) is 26.5. The first kappa shape index (κ1) is 18.1. The van der Waals surface area contributed by atoms with Crippen LogP contribution in [-0.2, 0) is 4.79 Å². The fourth-order valence-electron chi connectivity index (χ4n) is 2.88. The second-order valence-corrected chi connectivity index (χ2v) is 7.72. The first-order valence-electron chi connectivity index (χ1n) is 8.35. The van der Waals surface area contributed by atoms with Crippen LogP contribution in [0.5, 0.6) is 0 Å². The Bertz CT molecular complexity index is 715. The van der Waals surface area contributed by atoms with Crippen molar-refractivity contribution < 1.29 is 14.0 Å². The van der Waals surface area contributed by atoms with E-state index in [2.05, 4.69) is 0 Å². The van der Waals surface area contributed by atoms with Crippen molar-refractivity contribution in [2.24, 2.45) is 0 Å². The normalized spacial score (nSPS) is 18.0. The number of hydrogen-bond donors (Lipinski definition) is 0. The van der Waals surface area contributed by atoms with Crippen molar-refractivity contribution in [3.05, 3.63) is 59.0 Å². The number of benzene rings is 1. The molecule has 3 rings (SSSR count). The molecule has 0 saturated carbocycles. The van der Waals surface area contributed by atoms with E-state index in [1.54, 1.807) is 30.5 Å². The summed E-state index contributed by atoms with van der Waals surface area (Å²) in [6, 6.07) is 10.7. The van der Waals surface area contributed by atoms with Crippen LogP contribution in [0, 0.1) is 0 Å². The van der Waals surface area contributed by atoms with E-state index in [1.165, 1.54) is 0 Å². The average Bonchev–Trinajstić information content (AvgIpc) is 3.04. The zero-order chi connectivity index (χ0) is 17.6. The van der Waals surface area contributed by atoms with Crippen LogP contribution in [0.4, 0.5) is 0 Å². The molecule has 1 saturated heterocycles. The van der Waals surface area contributed by atoms with Crippen molar-refractivity contribution >= 4 is 35.1 Å². The van der Waals surface area contributed by atoms with Gasteiger partial charge in [-0.15, -0.1) is 11.8 Å².